The van der Waals surface area contributed by atoms with Gasteiger partial charge in [-0.05, 0) is 43.5 Å². The number of piperazine rings is 1. The maximum absolute atomic E-state index is 13.8. The Kier molecular flexibility index (Phi) is 5.40. The summed E-state index contributed by atoms with van der Waals surface area (Å²) in [5.74, 6) is 1.06. The molecule has 2 atom stereocenters. The van der Waals surface area contributed by atoms with Crippen molar-refractivity contribution in [2.45, 2.75) is 45.5 Å². The lowest BCUT2D eigenvalue weighted by atomic mass is 10.00. The second-order valence-electron chi connectivity index (χ2n) is 8.34. The number of rotatable bonds is 4. The zero-order valence-corrected chi connectivity index (χ0v) is 17.2. The summed E-state index contributed by atoms with van der Waals surface area (Å²) >= 11 is 0. The van der Waals surface area contributed by atoms with Crippen LogP contribution in [0.4, 0.5) is 19.0 Å². The zero-order chi connectivity index (χ0) is 21.5. The first-order valence-electron chi connectivity index (χ1n) is 10.1. The van der Waals surface area contributed by atoms with Gasteiger partial charge in [-0.3, -0.25) is 5.10 Å². The molecule has 0 bridgehead atoms. The Bertz CT molecular complexity index is 1040. The highest BCUT2D eigenvalue weighted by molar-refractivity contribution is 5.90. The number of fused-ring (bicyclic) bond motifs is 1. The van der Waals surface area contributed by atoms with Gasteiger partial charge in [-0.2, -0.15) is 18.3 Å². The highest BCUT2D eigenvalue weighted by Crippen LogP contribution is 2.38. The SMILES string of the molecule is CC(C)C[C@H]1CN(c2ccc(C(F)(F)F)c(-c3[nH]nc4ncccc34)n2)C[C@H](C)N1.[HH].[HH]. The topological polar surface area (TPSA) is 69.7 Å². The van der Waals surface area contributed by atoms with Gasteiger partial charge in [0.25, 0.3) is 0 Å². The van der Waals surface area contributed by atoms with Gasteiger partial charge in [0, 0.05) is 39.6 Å². The summed E-state index contributed by atoms with van der Waals surface area (Å²) in [6.07, 6.45) is -1.99. The Balaban J connectivity index is 0.00000181. The van der Waals surface area contributed by atoms with Crippen molar-refractivity contribution in [3.05, 3.63) is 36.0 Å². The van der Waals surface area contributed by atoms with Crippen LogP contribution in [0.15, 0.2) is 30.5 Å². The average Bonchev–Trinajstić information content (AvgIpc) is 3.10. The number of aromatic nitrogens is 4. The predicted molar refractivity (Wildman–Crippen MR) is 114 cm³/mol. The number of anilines is 1. The molecule has 0 amide bonds. The van der Waals surface area contributed by atoms with Gasteiger partial charge < -0.3 is 10.2 Å². The largest absolute Gasteiger partial charge is 0.418 e. The van der Waals surface area contributed by atoms with Crippen LogP contribution in [0.25, 0.3) is 22.4 Å². The van der Waals surface area contributed by atoms with Crippen molar-refractivity contribution in [2.24, 2.45) is 5.92 Å². The molecule has 3 aromatic heterocycles. The summed E-state index contributed by atoms with van der Waals surface area (Å²) in [4.78, 5) is 10.7. The van der Waals surface area contributed by atoms with Crippen LogP contribution in [0, 0.1) is 5.92 Å². The molecule has 1 aliphatic rings. The molecule has 4 rings (SSSR count). The molecule has 0 spiro atoms. The lowest BCUT2D eigenvalue weighted by Crippen LogP contribution is -2.56. The van der Waals surface area contributed by atoms with Crippen molar-refractivity contribution in [3.8, 4) is 11.4 Å². The van der Waals surface area contributed by atoms with Crippen molar-refractivity contribution in [2.75, 3.05) is 18.0 Å². The third kappa shape index (κ3) is 4.12. The molecule has 2 N–H and O–H groups in total. The Morgan fingerprint density at radius 1 is 1.23 bits per heavy atom. The fourth-order valence-electron chi connectivity index (χ4n) is 4.15. The van der Waals surface area contributed by atoms with E-state index >= 15 is 0 Å². The summed E-state index contributed by atoms with van der Waals surface area (Å²) < 4.78 is 41.3. The Labute approximate surface area is 175 Å². The number of nitrogens with zero attached hydrogens (tertiary/aromatic N) is 4. The van der Waals surface area contributed by atoms with Gasteiger partial charge >= 0.3 is 6.18 Å². The van der Waals surface area contributed by atoms with Crippen LogP contribution in [0.5, 0.6) is 0 Å². The van der Waals surface area contributed by atoms with Gasteiger partial charge in [0.05, 0.1) is 11.3 Å². The average molecular weight is 422 g/mol. The molecule has 30 heavy (non-hydrogen) atoms. The van der Waals surface area contributed by atoms with E-state index in [-0.39, 0.29) is 26.3 Å². The number of halogens is 3. The minimum Gasteiger partial charge on any atom is -0.353 e. The molecule has 4 heterocycles. The molecular weight excluding hydrogens is 393 g/mol. The van der Waals surface area contributed by atoms with Gasteiger partial charge in [0.15, 0.2) is 5.65 Å². The molecule has 6 nitrogen and oxygen atoms in total. The van der Waals surface area contributed by atoms with Crippen molar-refractivity contribution >= 4 is 16.9 Å². The molecule has 1 fully saturated rings. The first-order valence-corrected chi connectivity index (χ1v) is 10.1. The molecule has 3 aromatic rings. The van der Waals surface area contributed by atoms with Crippen molar-refractivity contribution in [3.63, 3.8) is 0 Å². The standard InChI is InChI=1S/C21H25F3N6.2H2/c1-12(2)9-14-11-30(10-13(3)26-14)17-7-6-16(21(22,23)24)19(27-17)18-15-5-4-8-25-20(15)29-28-18;;/h4-8,12-14,26H,9-11H2,1-3H3,(H,25,28,29);2*1H/t13-,14-;;/m0../s1. The van der Waals surface area contributed by atoms with Crippen LogP contribution in [0.1, 0.15) is 35.6 Å². The van der Waals surface area contributed by atoms with Gasteiger partial charge in [-0.25, -0.2) is 9.97 Å². The number of alkyl halides is 3. The van der Waals surface area contributed by atoms with Crippen LogP contribution in [-0.4, -0.2) is 45.3 Å². The Hall–Kier alpha value is -2.68. The predicted octanol–water partition coefficient (Wildman–Crippen LogP) is 4.74. The van der Waals surface area contributed by atoms with E-state index in [0.717, 1.165) is 12.5 Å². The second-order valence-corrected chi connectivity index (χ2v) is 8.34. The minimum atomic E-state index is -4.53. The maximum atomic E-state index is 13.8. The molecule has 9 heteroatoms. The van der Waals surface area contributed by atoms with E-state index in [1.807, 2.05) is 0 Å². The van der Waals surface area contributed by atoms with Gasteiger partial charge in [0.2, 0.25) is 0 Å². The van der Waals surface area contributed by atoms with E-state index in [0.29, 0.717) is 35.9 Å². The normalized spacial score (nSPS) is 20.3. The summed E-state index contributed by atoms with van der Waals surface area (Å²) in [5.41, 5.74) is -0.348. The molecule has 164 valence electrons. The van der Waals surface area contributed by atoms with E-state index in [1.54, 1.807) is 18.3 Å². The monoisotopic (exact) mass is 422 g/mol. The summed E-state index contributed by atoms with van der Waals surface area (Å²) in [7, 11) is 0. The number of pyridine rings is 2. The van der Waals surface area contributed by atoms with E-state index in [9.17, 15) is 13.2 Å². The van der Waals surface area contributed by atoms with Gasteiger partial charge in [-0.1, -0.05) is 13.8 Å². The van der Waals surface area contributed by atoms with Crippen molar-refractivity contribution < 1.29 is 16.0 Å². The lowest BCUT2D eigenvalue weighted by molar-refractivity contribution is -0.137. The molecule has 0 aliphatic carbocycles. The van der Waals surface area contributed by atoms with Crippen LogP contribution in [0.3, 0.4) is 0 Å². The first-order chi connectivity index (χ1) is 14.2. The zero-order valence-electron chi connectivity index (χ0n) is 17.2. The quantitative estimate of drug-likeness (QED) is 0.635. The lowest BCUT2D eigenvalue weighted by Gasteiger charge is -2.39. The number of H-pyrrole nitrogens is 1. The van der Waals surface area contributed by atoms with Crippen molar-refractivity contribution in [1.82, 2.24) is 25.5 Å². The van der Waals surface area contributed by atoms with Crippen molar-refractivity contribution in [1.29, 1.82) is 0 Å². The molecule has 0 radical (unpaired) electrons. The highest BCUT2D eigenvalue weighted by Gasteiger charge is 2.36. The van der Waals surface area contributed by atoms with E-state index in [2.05, 4.69) is 51.2 Å². The third-order valence-electron chi connectivity index (χ3n) is 5.29. The van der Waals surface area contributed by atoms with Crippen LogP contribution >= 0.6 is 0 Å². The van der Waals surface area contributed by atoms with E-state index < -0.39 is 11.7 Å². The number of aromatic amines is 1. The Morgan fingerprint density at radius 2 is 2.03 bits per heavy atom. The summed E-state index contributed by atoms with van der Waals surface area (Å²) in [6.45, 7) is 7.79. The fraction of sp³-hybridized carbons (Fsp3) is 0.476. The van der Waals surface area contributed by atoms with E-state index in [1.165, 1.54) is 6.07 Å². The van der Waals surface area contributed by atoms with Gasteiger partial charge in [0.1, 0.15) is 11.5 Å². The highest BCUT2D eigenvalue weighted by atomic mass is 19.4. The van der Waals surface area contributed by atoms with Crippen LogP contribution < -0.4 is 10.2 Å². The van der Waals surface area contributed by atoms with E-state index in [4.69, 9.17) is 0 Å². The maximum Gasteiger partial charge on any atom is 0.418 e. The summed E-state index contributed by atoms with van der Waals surface area (Å²) in [6, 6.07) is 6.43. The third-order valence-corrected chi connectivity index (χ3v) is 5.29. The molecule has 0 aromatic carbocycles. The smallest absolute Gasteiger partial charge is 0.353 e. The second kappa shape index (κ2) is 7.86. The molecule has 1 aliphatic heterocycles. The molecular formula is C21H29F3N6. The van der Waals surface area contributed by atoms with Crippen LogP contribution in [-0.2, 0) is 6.18 Å². The Morgan fingerprint density at radius 3 is 2.77 bits per heavy atom. The minimum absolute atomic E-state index is 0. The summed E-state index contributed by atoms with van der Waals surface area (Å²) in [5, 5.41) is 10.8. The molecule has 1 saturated heterocycles. The number of hydrogen-bond donors (Lipinski definition) is 2. The molecule has 0 unspecified atom stereocenters. The molecule has 0 saturated carbocycles. The first kappa shape index (κ1) is 20.6. The van der Waals surface area contributed by atoms with Gasteiger partial charge in [-0.15, -0.1) is 0 Å². The van der Waals surface area contributed by atoms with Crippen LogP contribution in [0.2, 0.25) is 0 Å². The number of hydrogen-bond acceptors (Lipinski definition) is 5. The number of nitrogens with one attached hydrogen (secondary N) is 2. The fourth-order valence-corrected chi connectivity index (χ4v) is 4.15.